The maximum Gasteiger partial charge on any atom is 0.337 e. The fourth-order valence-corrected chi connectivity index (χ4v) is 1.44. The first-order valence-corrected chi connectivity index (χ1v) is 5.29. The predicted molar refractivity (Wildman–Crippen MR) is 64.3 cm³/mol. The molecule has 0 aliphatic rings. The van der Waals surface area contributed by atoms with Gasteiger partial charge in [0.1, 0.15) is 11.5 Å². The van der Waals surface area contributed by atoms with Crippen LogP contribution < -0.4 is 5.32 Å². The molecule has 1 aromatic carbocycles. The molecule has 0 radical (unpaired) electrons. The minimum atomic E-state index is -0.652. The second-order valence-corrected chi connectivity index (χ2v) is 3.61. The average molecular weight is 263 g/mol. The molecule has 2 rings (SSSR count). The lowest BCUT2D eigenvalue weighted by Gasteiger charge is -2.07. The Balaban J connectivity index is 2.24. The van der Waals surface area contributed by atoms with E-state index in [1.54, 1.807) is 0 Å². The third-order valence-corrected chi connectivity index (χ3v) is 2.38. The Morgan fingerprint density at radius 3 is 2.84 bits per heavy atom. The summed E-state index contributed by atoms with van der Waals surface area (Å²) in [4.78, 5) is 29.3. The summed E-state index contributed by atoms with van der Waals surface area (Å²) >= 11 is 0. The number of imidazole rings is 1. The Labute approximate surface area is 107 Å². The largest absolute Gasteiger partial charge is 0.465 e. The molecule has 98 valence electrons. The average Bonchev–Trinajstić information content (AvgIpc) is 2.94. The van der Waals surface area contributed by atoms with Crippen molar-refractivity contribution < 1.29 is 18.7 Å². The van der Waals surface area contributed by atoms with Crippen LogP contribution in [0.5, 0.6) is 0 Å². The van der Waals surface area contributed by atoms with Gasteiger partial charge in [0.25, 0.3) is 5.91 Å². The molecule has 6 nitrogen and oxygen atoms in total. The molecule has 0 saturated heterocycles. The molecule has 0 saturated carbocycles. The van der Waals surface area contributed by atoms with E-state index in [1.807, 2.05) is 0 Å². The molecule has 19 heavy (non-hydrogen) atoms. The molecule has 1 amide bonds. The number of nitrogens with one attached hydrogen (secondary N) is 2. The van der Waals surface area contributed by atoms with Crippen LogP contribution in [0.4, 0.5) is 10.1 Å². The summed E-state index contributed by atoms with van der Waals surface area (Å²) in [7, 11) is 1.22. The number of carbonyl (C=O) groups excluding carboxylic acids is 2. The third kappa shape index (κ3) is 2.76. The number of ether oxygens (including phenoxy) is 1. The number of hydrogen-bond donors (Lipinski definition) is 2. The van der Waals surface area contributed by atoms with E-state index in [-0.39, 0.29) is 16.9 Å². The quantitative estimate of drug-likeness (QED) is 0.823. The Morgan fingerprint density at radius 2 is 2.21 bits per heavy atom. The molecule has 1 aromatic heterocycles. The van der Waals surface area contributed by atoms with E-state index in [1.165, 1.54) is 31.8 Å². The van der Waals surface area contributed by atoms with Crippen molar-refractivity contribution in [1.82, 2.24) is 9.97 Å². The van der Waals surface area contributed by atoms with Crippen LogP contribution in [0.3, 0.4) is 0 Å². The number of aromatic amines is 1. The van der Waals surface area contributed by atoms with Gasteiger partial charge in [0, 0.05) is 0 Å². The van der Waals surface area contributed by atoms with E-state index >= 15 is 0 Å². The zero-order chi connectivity index (χ0) is 13.8. The maximum absolute atomic E-state index is 13.5. The molecular formula is C12H10FN3O3. The number of methoxy groups -OCH3 is 1. The van der Waals surface area contributed by atoms with Gasteiger partial charge in [-0.25, -0.2) is 14.2 Å². The number of amides is 1. The van der Waals surface area contributed by atoms with Gasteiger partial charge in [-0.15, -0.1) is 0 Å². The van der Waals surface area contributed by atoms with Crippen molar-refractivity contribution in [2.75, 3.05) is 12.4 Å². The predicted octanol–water partition coefficient (Wildman–Crippen LogP) is 1.59. The van der Waals surface area contributed by atoms with Gasteiger partial charge < -0.3 is 15.0 Å². The second-order valence-electron chi connectivity index (χ2n) is 3.61. The highest BCUT2D eigenvalue weighted by atomic mass is 19.1. The molecule has 0 spiro atoms. The number of benzene rings is 1. The first-order valence-electron chi connectivity index (χ1n) is 5.29. The van der Waals surface area contributed by atoms with Crippen LogP contribution in [0.15, 0.2) is 30.7 Å². The molecule has 0 aliphatic heterocycles. The summed E-state index contributed by atoms with van der Waals surface area (Å²) in [5.41, 5.74) is 0.217. The monoisotopic (exact) mass is 263 g/mol. The SMILES string of the molecule is COC(=O)c1ccc(F)c(NC(=O)c2cnc[nH]2)c1. The number of halogens is 1. The first kappa shape index (κ1) is 12.7. The molecule has 0 bridgehead atoms. The van der Waals surface area contributed by atoms with Gasteiger partial charge >= 0.3 is 5.97 Å². The summed E-state index contributed by atoms with van der Waals surface area (Å²) in [6, 6.07) is 3.55. The van der Waals surface area contributed by atoms with Gasteiger partial charge in [0.15, 0.2) is 0 Å². The highest BCUT2D eigenvalue weighted by Crippen LogP contribution is 2.17. The lowest BCUT2D eigenvalue weighted by molar-refractivity contribution is 0.0600. The van der Waals surface area contributed by atoms with Crippen LogP contribution in [-0.2, 0) is 4.74 Å². The number of carbonyl (C=O) groups is 2. The summed E-state index contributed by atoms with van der Waals surface area (Å²) in [5, 5.41) is 2.34. The van der Waals surface area contributed by atoms with Gasteiger partial charge in [-0.1, -0.05) is 0 Å². The summed E-state index contributed by atoms with van der Waals surface area (Å²) in [5.74, 6) is -1.82. The molecular weight excluding hydrogens is 253 g/mol. The van der Waals surface area contributed by atoms with Crippen molar-refractivity contribution in [2.45, 2.75) is 0 Å². The first-order chi connectivity index (χ1) is 9.11. The Bertz CT molecular complexity index is 611. The molecule has 0 fully saturated rings. The van der Waals surface area contributed by atoms with Crippen LogP contribution in [0.2, 0.25) is 0 Å². The standard InChI is InChI=1S/C12H10FN3O3/c1-19-12(18)7-2-3-8(13)9(4-7)16-11(17)10-5-14-6-15-10/h2-6H,1H3,(H,14,15)(H,16,17). The fraction of sp³-hybridized carbons (Fsp3) is 0.0833. The maximum atomic E-state index is 13.5. The molecule has 0 aliphatic carbocycles. The number of nitrogens with zero attached hydrogens (tertiary/aromatic N) is 1. The molecule has 0 unspecified atom stereocenters. The molecule has 1 heterocycles. The summed E-state index contributed by atoms with van der Waals surface area (Å²) in [6.45, 7) is 0. The van der Waals surface area contributed by atoms with Crippen LogP contribution in [-0.4, -0.2) is 29.0 Å². The van der Waals surface area contributed by atoms with Crippen molar-refractivity contribution >= 4 is 17.6 Å². The normalized spacial score (nSPS) is 10.0. The molecule has 2 aromatic rings. The van der Waals surface area contributed by atoms with E-state index in [2.05, 4.69) is 20.0 Å². The molecule has 7 heteroatoms. The van der Waals surface area contributed by atoms with Crippen molar-refractivity contribution in [2.24, 2.45) is 0 Å². The van der Waals surface area contributed by atoms with E-state index in [4.69, 9.17) is 0 Å². The number of hydrogen-bond acceptors (Lipinski definition) is 4. The zero-order valence-corrected chi connectivity index (χ0v) is 9.94. The Kier molecular flexibility index (Phi) is 3.56. The van der Waals surface area contributed by atoms with Crippen LogP contribution >= 0.6 is 0 Å². The number of aromatic nitrogens is 2. The fourth-order valence-electron chi connectivity index (χ4n) is 1.44. The van der Waals surface area contributed by atoms with Gasteiger partial charge in [-0.3, -0.25) is 4.79 Å². The minimum Gasteiger partial charge on any atom is -0.465 e. The van der Waals surface area contributed by atoms with Crippen LogP contribution in [0.1, 0.15) is 20.8 Å². The Morgan fingerprint density at radius 1 is 1.42 bits per heavy atom. The lowest BCUT2D eigenvalue weighted by Crippen LogP contribution is -2.14. The van der Waals surface area contributed by atoms with Crippen LogP contribution in [0.25, 0.3) is 0 Å². The van der Waals surface area contributed by atoms with E-state index < -0.39 is 17.7 Å². The highest BCUT2D eigenvalue weighted by molar-refractivity contribution is 6.03. The number of esters is 1. The number of H-pyrrole nitrogens is 1. The van der Waals surface area contributed by atoms with Gasteiger partial charge in [0.2, 0.25) is 0 Å². The molecule has 2 N–H and O–H groups in total. The zero-order valence-electron chi connectivity index (χ0n) is 9.94. The van der Waals surface area contributed by atoms with Crippen molar-refractivity contribution in [1.29, 1.82) is 0 Å². The van der Waals surface area contributed by atoms with Crippen molar-refractivity contribution in [3.8, 4) is 0 Å². The second kappa shape index (κ2) is 5.30. The van der Waals surface area contributed by atoms with E-state index in [0.717, 1.165) is 6.07 Å². The smallest absolute Gasteiger partial charge is 0.337 e. The van der Waals surface area contributed by atoms with Gasteiger partial charge in [0.05, 0.1) is 30.9 Å². The summed E-state index contributed by atoms with van der Waals surface area (Å²) < 4.78 is 18.1. The number of rotatable bonds is 3. The van der Waals surface area contributed by atoms with E-state index in [9.17, 15) is 14.0 Å². The third-order valence-electron chi connectivity index (χ3n) is 2.38. The van der Waals surface area contributed by atoms with Crippen molar-refractivity contribution in [3.63, 3.8) is 0 Å². The lowest BCUT2D eigenvalue weighted by atomic mass is 10.2. The topological polar surface area (TPSA) is 84.1 Å². The highest BCUT2D eigenvalue weighted by Gasteiger charge is 2.13. The van der Waals surface area contributed by atoms with Gasteiger partial charge in [-0.2, -0.15) is 0 Å². The summed E-state index contributed by atoms with van der Waals surface area (Å²) in [6.07, 6.45) is 2.63. The van der Waals surface area contributed by atoms with E-state index in [0.29, 0.717) is 0 Å². The minimum absolute atomic E-state index is 0.109. The van der Waals surface area contributed by atoms with Crippen molar-refractivity contribution in [3.05, 3.63) is 47.8 Å². The van der Waals surface area contributed by atoms with Crippen LogP contribution in [0, 0.1) is 5.82 Å². The number of anilines is 1. The molecule has 0 atom stereocenters. The van der Waals surface area contributed by atoms with Gasteiger partial charge in [-0.05, 0) is 18.2 Å². The Hall–Kier alpha value is -2.70.